The molecule has 1 saturated carbocycles. The van der Waals surface area contributed by atoms with Gasteiger partial charge in [0.1, 0.15) is 5.82 Å². The van der Waals surface area contributed by atoms with E-state index in [2.05, 4.69) is 34.0 Å². The third kappa shape index (κ3) is 4.59. The maximum atomic E-state index is 6.22. The predicted molar refractivity (Wildman–Crippen MR) is 122 cm³/mol. The molecule has 2 aromatic rings. The molecule has 30 heavy (non-hydrogen) atoms. The fourth-order valence-corrected chi connectivity index (χ4v) is 5.29. The molecule has 0 bridgehead atoms. The lowest BCUT2D eigenvalue weighted by Gasteiger charge is -2.44. The number of nitrogens with zero attached hydrogens (tertiary/aromatic N) is 3. The van der Waals surface area contributed by atoms with Gasteiger partial charge in [-0.2, -0.15) is 0 Å². The quantitative estimate of drug-likeness (QED) is 0.659. The van der Waals surface area contributed by atoms with Gasteiger partial charge in [-0.3, -0.25) is 0 Å². The number of piperidine rings is 1. The average Bonchev–Trinajstić information content (AvgIpc) is 2.72. The van der Waals surface area contributed by atoms with Crippen molar-refractivity contribution < 1.29 is 9.47 Å². The second-order valence-corrected chi connectivity index (χ2v) is 9.77. The predicted octanol–water partition coefficient (Wildman–Crippen LogP) is 5.15. The second kappa shape index (κ2) is 8.75. The van der Waals surface area contributed by atoms with Crippen LogP contribution in [-0.2, 0) is 0 Å². The SMILES string of the molecule is COc1cc2nc(Cl)nc(NC3CCN(C4CCCC(C)(C)C4)CC3)c2cc1OC. The van der Waals surface area contributed by atoms with Crippen LogP contribution in [0.4, 0.5) is 5.82 Å². The highest BCUT2D eigenvalue weighted by Gasteiger charge is 2.33. The summed E-state index contributed by atoms with van der Waals surface area (Å²) in [5.74, 6) is 2.06. The number of rotatable bonds is 5. The van der Waals surface area contributed by atoms with Gasteiger partial charge in [-0.05, 0) is 55.2 Å². The number of ether oxygens (including phenoxy) is 2. The van der Waals surface area contributed by atoms with Gasteiger partial charge in [-0.25, -0.2) is 9.97 Å². The topological polar surface area (TPSA) is 59.5 Å². The van der Waals surface area contributed by atoms with Crippen molar-refractivity contribution in [3.8, 4) is 11.5 Å². The minimum absolute atomic E-state index is 0.235. The molecule has 6 nitrogen and oxygen atoms in total. The van der Waals surface area contributed by atoms with Crippen molar-refractivity contribution in [3.63, 3.8) is 0 Å². The first kappa shape index (κ1) is 21.4. The molecule has 4 rings (SSSR count). The molecule has 2 aliphatic rings. The van der Waals surface area contributed by atoms with Crippen LogP contribution in [0.25, 0.3) is 10.9 Å². The summed E-state index contributed by atoms with van der Waals surface area (Å²) in [5.41, 5.74) is 1.23. The fraction of sp³-hybridized carbons (Fsp3) is 0.652. The lowest BCUT2D eigenvalue weighted by molar-refractivity contribution is 0.0767. The highest BCUT2D eigenvalue weighted by molar-refractivity contribution is 6.28. The van der Waals surface area contributed by atoms with E-state index in [1.165, 1.54) is 25.7 Å². The van der Waals surface area contributed by atoms with Gasteiger partial charge in [0.05, 0.1) is 19.7 Å². The number of hydrogen-bond donors (Lipinski definition) is 1. The van der Waals surface area contributed by atoms with Crippen LogP contribution >= 0.6 is 11.6 Å². The van der Waals surface area contributed by atoms with Gasteiger partial charge in [-0.15, -0.1) is 0 Å². The summed E-state index contributed by atoms with van der Waals surface area (Å²) in [6, 6.07) is 4.88. The number of benzene rings is 1. The van der Waals surface area contributed by atoms with Gasteiger partial charge in [0.25, 0.3) is 0 Å². The first-order valence-electron chi connectivity index (χ1n) is 11.0. The van der Waals surface area contributed by atoms with Crippen molar-refractivity contribution in [1.29, 1.82) is 0 Å². The molecule has 7 heteroatoms. The van der Waals surface area contributed by atoms with Gasteiger partial charge in [0.2, 0.25) is 5.28 Å². The summed E-state index contributed by atoms with van der Waals surface area (Å²) in [4.78, 5) is 11.6. The van der Waals surface area contributed by atoms with E-state index in [1.54, 1.807) is 14.2 Å². The van der Waals surface area contributed by atoms with E-state index in [-0.39, 0.29) is 5.28 Å². The third-order valence-electron chi connectivity index (χ3n) is 6.74. The Balaban J connectivity index is 1.47. The number of fused-ring (bicyclic) bond motifs is 1. The Labute approximate surface area is 184 Å². The van der Waals surface area contributed by atoms with E-state index in [1.807, 2.05) is 12.1 Å². The first-order valence-corrected chi connectivity index (χ1v) is 11.4. The highest BCUT2D eigenvalue weighted by atomic mass is 35.5. The summed E-state index contributed by atoms with van der Waals surface area (Å²) in [7, 11) is 3.25. The number of anilines is 1. The summed E-state index contributed by atoms with van der Waals surface area (Å²) < 4.78 is 10.9. The van der Waals surface area contributed by atoms with Gasteiger partial charge in [0, 0.05) is 36.6 Å². The number of methoxy groups -OCH3 is 2. The highest BCUT2D eigenvalue weighted by Crippen LogP contribution is 2.38. The zero-order chi connectivity index (χ0) is 21.3. The van der Waals surface area contributed by atoms with E-state index < -0.39 is 0 Å². The fourth-order valence-electron chi connectivity index (χ4n) is 5.11. The van der Waals surface area contributed by atoms with Crippen molar-refractivity contribution in [2.45, 2.75) is 64.5 Å². The molecule has 0 amide bonds. The van der Waals surface area contributed by atoms with Gasteiger partial charge in [0.15, 0.2) is 11.5 Å². The molecule has 1 aliphatic carbocycles. The smallest absolute Gasteiger partial charge is 0.224 e. The van der Waals surface area contributed by atoms with Crippen molar-refractivity contribution in [1.82, 2.24) is 14.9 Å². The van der Waals surface area contributed by atoms with E-state index in [0.29, 0.717) is 23.0 Å². The van der Waals surface area contributed by atoms with Gasteiger partial charge >= 0.3 is 0 Å². The van der Waals surface area contributed by atoms with Gasteiger partial charge in [-0.1, -0.05) is 20.3 Å². The minimum Gasteiger partial charge on any atom is -0.493 e. The number of nitrogens with one attached hydrogen (secondary N) is 1. The van der Waals surface area contributed by atoms with Crippen molar-refractivity contribution in [3.05, 3.63) is 17.4 Å². The maximum absolute atomic E-state index is 6.22. The molecular formula is C23H33ClN4O2. The molecule has 1 aliphatic heterocycles. The molecule has 1 N–H and O–H groups in total. The maximum Gasteiger partial charge on any atom is 0.224 e. The van der Waals surface area contributed by atoms with Crippen LogP contribution in [0, 0.1) is 5.41 Å². The molecule has 2 heterocycles. The molecule has 1 saturated heterocycles. The first-order chi connectivity index (χ1) is 14.4. The van der Waals surface area contributed by atoms with Crippen LogP contribution in [0.3, 0.4) is 0 Å². The Hall–Kier alpha value is -1.79. The van der Waals surface area contributed by atoms with E-state index in [4.69, 9.17) is 21.1 Å². The lowest BCUT2D eigenvalue weighted by Crippen LogP contribution is -2.47. The number of hydrogen-bond acceptors (Lipinski definition) is 6. The molecule has 1 aromatic heterocycles. The summed E-state index contributed by atoms with van der Waals surface area (Å²) in [6.45, 7) is 7.10. The monoisotopic (exact) mass is 432 g/mol. The molecule has 2 fully saturated rings. The molecule has 1 atom stereocenters. The zero-order valence-electron chi connectivity index (χ0n) is 18.5. The largest absolute Gasteiger partial charge is 0.493 e. The van der Waals surface area contributed by atoms with Gasteiger partial charge < -0.3 is 19.7 Å². The Bertz CT molecular complexity index is 896. The summed E-state index contributed by atoms with van der Waals surface area (Å²) >= 11 is 6.22. The molecule has 0 spiro atoms. The minimum atomic E-state index is 0.235. The Morgan fingerprint density at radius 3 is 2.43 bits per heavy atom. The number of halogens is 1. The number of aromatic nitrogens is 2. The molecular weight excluding hydrogens is 400 g/mol. The van der Waals surface area contributed by atoms with E-state index >= 15 is 0 Å². The van der Waals surface area contributed by atoms with Crippen LogP contribution in [-0.4, -0.2) is 54.3 Å². The zero-order valence-corrected chi connectivity index (χ0v) is 19.3. The van der Waals surface area contributed by atoms with Crippen molar-refractivity contribution in [2.24, 2.45) is 5.41 Å². The Kier molecular flexibility index (Phi) is 6.26. The second-order valence-electron chi connectivity index (χ2n) is 9.43. The molecule has 0 radical (unpaired) electrons. The van der Waals surface area contributed by atoms with Crippen molar-refractivity contribution >= 4 is 28.3 Å². The van der Waals surface area contributed by atoms with Crippen LogP contribution in [0.15, 0.2) is 12.1 Å². The summed E-state index contributed by atoms with van der Waals surface area (Å²) in [5, 5.41) is 4.77. The Morgan fingerprint density at radius 1 is 1.07 bits per heavy atom. The van der Waals surface area contributed by atoms with Crippen LogP contribution in [0.5, 0.6) is 11.5 Å². The normalized spacial score (nSPS) is 22.8. The summed E-state index contributed by atoms with van der Waals surface area (Å²) in [6.07, 6.45) is 7.58. The van der Waals surface area contributed by atoms with Crippen LogP contribution in [0.2, 0.25) is 5.28 Å². The van der Waals surface area contributed by atoms with Crippen LogP contribution in [0.1, 0.15) is 52.4 Å². The average molecular weight is 433 g/mol. The molecule has 1 aromatic carbocycles. The van der Waals surface area contributed by atoms with Crippen molar-refractivity contribution in [2.75, 3.05) is 32.6 Å². The third-order valence-corrected chi connectivity index (χ3v) is 6.91. The van der Waals surface area contributed by atoms with E-state index in [0.717, 1.165) is 48.7 Å². The standard InChI is InChI=1S/C23H33ClN4O2/c1-23(2)9-5-6-16(14-23)28-10-7-15(8-11-28)25-21-17-12-19(29-3)20(30-4)13-18(17)26-22(24)27-21/h12-13,15-16H,5-11,14H2,1-4H3,(H,25,26,27). The molecule has 1 unspecified atom stereocenters. The van der Waals surface area contributed by atoms with Crippen LogP contribution < -0.4 is 14.8 Å². The number of likely N-dealkylation sites (tertiary alicyclic amines) is 1. The lowest BCUT2D eigenvalue weighted by atomic mass is 9.74. The van der Waals surface area contributed by atoms with E-state index in [9.17, 15) is 0 Å². The molecule has 164 valence electrons. The Morgan fingerprint density at radius 2 is 1.77 bits per heavy atom.